The van der Waals surface area contributed by atoms with Crippen molar-refractivity contribution in [3.05, 3.63) is 65.2 Å². The normalized spacial score (nSPS) is 12.2. The van der Waals surface area contributed by atoms with Crippen molar-refractivity contribution in [2.75, 3.05) is 18.5 Å². The monoisotopic (exact) mass is 276 g/mol. The molecule has 1 atom stereocenters. The zero-order valence-corrected chi connectivity index (χ0v) is 11.6. The molecule has 2 aromatic carbocycles. The molecule has 0 amide bonds. The molecule has 2 rings (SSSR count). The fraction of sp³-hybridized carbons (Fsp3) is 0.250. The van der Waals surface area contributed by atoms with Gasteiger partial charge in [-0.25, -0.2) is 8.78 Å². The van der Waals surface area contributed by atoms with Crippen molar-refractivity contribution >= 4 is 5.69 Å². The van der Waals surface area contributed by atoms with Crippen molar-refractivity contribution in [2.45, 2.75) is 13.0 Å². The molecule has 2 N–H and O–H groups in total. The number of rotatable bonds is 4. The second-order valence-electron chi connectivity index (χ2n) is 4.84. The average molecular weight is 276 g/mol. The van der Waals surface area contributed by atoms with Crippen LogP contribution in [0.15, 0.2) is 42.5 Å². The van der Waals surface area contributed by atoms with Crippen molar-refractivity contribution in [3.8, 4) is 0 Å². The number of nitrogens with two attached hydrogens (primary N) is 1. The van der Waals surface area contributed by atoms with Gasteiger partial charge in [0.2, 0.25) is 0 Å². The molecular weight excluding hydrogens is 258 g/mol. The minimum atomic E-state index is -0.284. The standard InChI is InChI=1S/C16H18F2N2/c1-11-3-4-13(18)9-15(11)16(10-19)20(2)14-7-5-12(17)6-8-14/h3-9,16H,10,19H2,1-2H3. The second kappa shape index (κ2) is 6.01. The van der Waals surface area contributed by atoms with E-state index in [1.54, 1.807) is 18.2 Å². The molecule has 2 nitrogen and oxygen atoms in total. The Balaban J connectivity index is 2.36. The lowest BCUT2D eigenvalue weighted by Crippen LogP contribution is -2.31. The number of nitrogens with zero attached hydrogens (tertiary/aromatic N) is 1. The number of hydrogen-bond acceptors (Lipinski definition) is 2. The van der Waals surface area contributed by atoms with Crippen LogP contribution in [0, 0.1) is 18.6 Å². The maximum Gasteiger partial charge on any atom is 0.123 e. The molecule has 0 aromatic heterocycles. The third-order valence-electron chi connectivity index (χ3n) is 3.52. The lowest BCUT2D eigenvalue weighted by Gasteiger charge is -2.30. The zero-order chi connectivity index (χ0) is 14.7. The molecule has 2 aromatic rings. The predicted molar refractivity (Wildman–Crippen MR) is 77.7 cm³/mol. The Bertz CT molecular complexity index is 582. The van der Waals surface area contributed by atoms with Gasteiger partial charge >= 0.3 is 0 Å². The Labute approximate surface area is 117 Å². The summed E-state index contributed by atoms with van der Waals surface area (Å²) in [6, 6.07) is 10.7. The maximum atomic E-state index is 13.5. The van der Waals surface area contributed by atoms with E-state index in [0.29, 0.717) is 6.54 Å². The fourth-order valence-corrected chi connectivity index (χ4v) is 2.32. The van der Waals surface area contributed by atoms with Crippen LogP contribution in [0.2, 0.25) is 0 Å². The first-order chi connectivity index (χ1) is 9.52. The van der Waals surface area contributed by atoms with Gasteiger partial charge in [-0.05, 0) is 54.4 Å². The highest BCUT2D eigenvalue weighted by Gasteiger charge is 2.18. The SMILES string of the molecule is Cc1ccc(F)cc1C(CN)N(C)c1ccc(F)cc1. The number of benzene rings is 2. The predicted octanol–water partition coefficient (Wildman–Crippen LogP) is 3.41. The van der Waals surface area contributed by atoms with Crippen molar-refractivity contribution in [3.63, 3.8) is 0 Å². The Kier molecular flexibility index (Phi) is 4.35. The summed E-state index contributed by atoms with van der Waals surface area (Å²) >= 11 is 0. The Morgan fingerprint density at radius 1 is 1.05 bits per heavy atom. The number of halogens is 2. The number of likely N-dealkylation sites (N-methyl/N-ethyl adjacent to an activating group) is 1. The van der Waals surface area contributed by atoms with E-state index in [2.05, 4.69) is 0 Å². The van der Waals surface area contributed by atoms with Gasteiger partial charge in [0.1, 0.15) is 11.6 Å². The Morgan fingerprint density at radius 2 is 1.65 bits per heavy atom. The van der Waals surface area contributed by atoms with E-state index in [0.717, 1.165) is 16.8 Å². The molecule has 0 saturated carbocycles. The van der Waals surface area contributed by atoms with E-state index in [9.17, 15) is 8.78 Å². The Hall–Kier alpha value is -1.94. The van der Waals surface area contributed by atoms with E-state index in [1.165, 1.54) is 24.3 Å². The third kappa shape index (κ3) is 2.96. The number of hydrogen-bond donors (Lipinski definition) is 1. The topological polar surface area (TPSA) is 29.3 Å². The van der Waals surface area contributed by atoms with E-state index in [1.807, 2.05) is 18.9 Å². The summed E-state index contributed by atoms with van der Waals surface area (Å²) < 4.78 is 26.4. The highest BCUT2D eigenvalue weighted by Crippen LogP contribution is 2.27. The summed E-state index contributed by atoms with van der Waals surface area (Å²) in [4.78, 5) is 1.93. The molecule has 4 heteroatoms. The van der Waals surface area contributed by atoms with Crippen molar-refractivity contribution in [1.29, 1.82) is 0 Å². The van der Waals surface area contributed by atoms with Crippen LogP contribution in [0.4, 0.5) is 14.5 Å². The maximum absolute atomic E-state index is 13.5. The molecule has 0 aliphatic carbocycles. The molecule has 1 unspecified atom stereocenters. The largest absolute Gasteiger partial charge is 0.366 e. The van der Waals surface area contributed by atoms with Gasteiger partial charge in [-0.3, -0.25) is 0 Å². The van der Waals surface area contributed by atoms with Crippen molar-refractivity contribution in [1.82, 2.24) is 0 Å². The highest BCUT2D eigenvalue weighted by atomic mass is 19.1. The molecule has 0 spiro atoms. The molecule has 0 radical (unpaired) electrons. The number of anilines is 1. The summed E-state index contributed by atoms with van der Waals surface area (Å²) in [6.45, 7) is 2.27. The lowest BCUT2D eigenvalue weighted by atomic mass is 9.99. The molecular formula is C16H18F2N2. The van der Waals surface area contributed by atoms with Crippen LogP contribution in [0.1, 0.15) is 17.2 Å². The van der Waals surface area contributed by atoms with E-state index in [4.69, 9.17) is 5.73 Å². The molecule has 0 saturated heterocycles. The van der Waals surface area contributed by atoms with E-state index < -0.39 is 0 Å². The minimum Gasteiger partial charge on any atom is -0.366 e. The first-order valence-electron chi connectivity index (χ1n) is 6.47. The zero-order valence-electron chi connectivity index (χ0n) is 11.6. The molecule has 106 valence electrons. The van der Waals surface area contributed by atoms with Gasteiger partial charge in [0, 0.05) is 19.3 Å². The van der Waals surface area contributed by atoms with Crippen molar-refractivity contribution in [2.24, 2.45) is 5.73 Å². The number of aryl methyl sites for hydroxylation is 1. The van der Waals surface area contributed by atoms with Gasteiger partial charge in [0.05, 0.1) is 6.04 Å². The summed E-state index contributed by atoms with van der Waals surface area (Å²) in [5.74, 6) is -0.565. The van der Waals surface area contributed by atoms with Crippen LogP contribution >= 0.6 is 0 Å². The van der Waals surface area contributed by atoms with Crippen LogP contribution in [0.3, 0.4) is 0 Å². The minimum absolute atomic E-state index is 0.156. The summed E-state index contributed by atoms with van der Waals surface area (Å²) in [5.41, 5.74) is 8.52. The van der Waals surface area contributed by atoms with Gasteiger partial charge in [-0.15, -0.1) is 0 Å². The first-order valence-corrected chi connectivity index (χ1v) is 6.47. The second-order valence-corrected chi connectivity index (χ2v) is 4.84. The van der Waals surface area contributed by atoms with Crippen LogP contribution < -0.4 is 10.6 Å². The third-order valence-corrected chi connectivity index (χ3v) is 3.52. The summed E-state index contributed by atoms with van der Waals surface area (Å²) in [6.07, 6.45) is 0. The molecule has 0 heterocycles. The molecule has 0 bridgehead atoms. The van der Waals surface area contributed by atoms with Crippen LogP contribution in [-0.4, -0.2) is 13.6 Å². The quantitative estimate of drug-likeness (QED) is 0.927. The van der Waals surface area contributed by atoms with Crippen LogP contribution in [0.5, 0.6) is 0 Å². The molecule has 0 aliphatic heterocycles. The average Bonchev–Trinajstić information content (AvgIpc) is 2.44. The van der Waals surface area contributed by atoms with Gasteiger partial charge < -0.3 is 10.6 Å². The fourth-order valence-electron chi connectivity index (χ4n) is 2.32. The van der Waals surface area contributed by atoms with Crippen LogP contribution in [-0.2, 0) is 0 Å². The van der Waals surface area contributed by atoms with Crippen LogP contribution in [0.25, 0.3) is 0 Å². The van der Waals surface area contributed by atoms with Crippen molar-refractivity contribution < 1.29 is 8.78 Å². The first kappa shape index (κ1) is 14.5. The Morgan fingerprint density at radius 3 is 2.25 bits per heavy atom. The van der Waals surface area contributed by atoms with Gasteiger partial charge in [-0.1, -0.05) is 6.07 Å². The highest BCUT2D eigenvalue weighted by molar-refractivity contribution is 5.49. The van der Waals surface area contributed by atoms with E-state index in [-0.39, 0.29) is 17.7 Å². The molecule has 0 aliphatic rings. The molecule has 20 heavy (non-hydrogen) atoms. The summed E-state index contributed by atoms with van der Waals surface area (Å²) in [7, 11) is 1.87. The van der Waals surface area contributed by atoms with Gasteiger partial charge in [0.25, 0.3) is 0 Å². The summed E-state index contributed by atoms with van der Waals surface area (Å²) in [5, 5.41) is 0. The van der Waals surface area contributed by atoms with Gasteiger partial charge in [0.15, 0.2) is 0 Å². The van der Waals surface area contributed by atoms with Gasteiger partial charge in [-0.2, -0.15) is 0 Å². The smallest absolute Gasteiger partial charge is 0.123 e. The lowest BCUT2D eigenvalue weighted by molar-refractivity contribution is 0.612. The van der Waals surface area contributed by atoms with E-state index >= 15 is 0 Å². The molecule has 0 fully saturated rings.